The minimum absolute atomic E-state index is 0.113. The molecule has 1 aromatic rings. The summed E-state index contributed by atoms with van der Waals surface area (Å²) in [6, 6.07) is 5.54. The average molecular weight is 352 g/mol. The number of rotatable bonds is 6. The fourth-order valence-corrected chi connectivity index (χ4v) is 4.34. The summed E-state index contributed by atoms with van der Waals surface area (Å²) >= 11 is 0. The zero-order valence-electron chi connectivity index (χ0n) is 13.1. The Morgan fingerprint density at radius 1 is 1.29 bits per heavy atom. The molecule has 7 nitrogen and oxygen atoms in total. The maximum absolute atomic E-state index is 12.7. The maximum atomic E-state index is 12.7. The molecule has 0 bridgehead atoms. The molecule has 130 valence electrons. The van der Waals surface area contributed by atoms with Crippen LogP contribution in [0, 0.1) is 5.92 Å². The summed E-state index contributed by atoms with van der Waals surface area (Å²) in [7, 11) is -3.90. The molecule has 2 rings (SSSR count). The van der Waals surface area contributed by atoms with Gasteiger partial charge in [-0.1, -0.05) is 18.2 Å². The largest absolute Gasteiger partial charge is 0.478 e. The molecule has 1 aromatic carbocycles. The number of carbonyl (C=O) groups is 2. The van der Waals surface area contributed by atoms with Crippen molar-refractivity contribution in [2.45, 2.75) is 17.7 Å². The number of piperidine rings is 1. The average Bonchev–Trinajstić information content (AvgIpc) is 2.59. The standard InChI is InChI=1S/C16H20N2O5S/c1-2-9-17-15(19)12-7-10-18(11-8-12)24(22,23)14-6-4-3-5-13(14)16(20)21/h2-6,12H,1,7-11H2,(H,17,19)(H,20,21). The molecular weight excluding hydrogens is 332 g/mol. The van der Waals surface area contributed by atoms with Crippen LogP contribution in [0.25, 0.3) is 0 Å². The Morgan fingerprint density at radius 2 is 1.92 bits per heavy atom. The van der Waals surface area contributed by atoms with Crippen LogP contribution in [-0.4, -0.2) is 49.3 Å². The Morgan fingerprint density at radius 3 is 2.50 bits per heavy atom. The number of sulfonamides is 1. The van der Waals surface area contributed by atoms with Crippen LogP contribution in [0.3, 0.4) is 0 Å². The first-order valence-corrected chi connectivity index (χ1v) is 9.03. The first-order chi connectivity index (χ1) is 11.4. The minimum Gasteiger partial charge on any atom is -0.478 e. The lowest BCUT2D eigenvalue weighted by Gasteiger charge is -2.30. The van der Waals surface area contributed by atoms with Gasteiger partial charge in [0.25, 0.3) is 0 Å². The second-order valence-electron chi connectivity index (χ2n) is 5.51. The fraction of sp³-hybridized carbons (Fsp3) is 0.375. The van der Waals surface area contributed by atoms with Crippen molar-refractivity contribution in [2.75, 3.05) is 19.6 Å². The van der Waals surface area contributed by atoms with Crippen LogP contribution in [0.2, 0.25) is 0 Å². The maximum Gasteiger partial charge on any atom is 0.337 e. The van der Waals surface area contributed by atoms with E-state index in [1.54, 1.807) is 6.08 Å². The van der Waals surface area contributed by atoms with Gasteiger partial charge in [0.05, 0.1) is 10.5 Å². The number of nitrogens with zero attached hydrogens (tertiary/aromatic N) is 1. The topological polar surface area (TPSA) is 104 Å². The van der Waals surface area contributed by atoms with E-state index in [2.05, 4.69) is 11.9 Å². The summed E-state index contributed by atoms with van der Waals surface area (Å²) in [4.78, 5) is 23.0. The summed E-state index contributed by atoms with van der Waals surface area (Å²) in [6.45, 7) is 4.27. The van der Waals surface area contributed by atoms with Crippen LogP contribution < -0.4 is 5.32 Å². The second kappa shape index (κ2) is 7.59. The molecular formula is C16H20N2O5S. The summed E-state index contributed by atoms with van der Waals surface area (Å²) in [5.41, 5.74) is -0.247. The van der Waals surface area contributed by atoms with Crippen molar-refractivity contribution < 1.29 is 23.1 Å². The van der Waals surface area contributed by atoms with Crippen molar-refractivity contribution in [3.63, 3.8) is 0 Å². The van der Waals surface area contributed by atoms with E-state index >= 15 is 0 Å². The van der Waals surface area contributed by atoms with Gasteiger partial charge in [0.2, 0.25) is 15.9 Å². The summed E-state index contributed by atoms with van der Waals surface area (Å²) in [6.07, 6.45) is 2.38. The number of carbonyl (C=O) groups excluding carboxylic acids is 1. The SMILES string of the molecule is C=CCNC(=O)C1CCN(S(=O)(=O)c2ccccc2C(=O)O)CC1. The smallest absolute Gasteiger partial charge is 0.337 e. The van der Waals surface area contributed by atoms with Crippen LogP contribution >= 0.6 is 0 Å². The van der Waals surface area contributed by atoms with Crippen LogP contribution in [0.4, 0.5) is 0 Å². The third kappa shape index (κ3) is 3.82. The summed E-state index contributed by atoms with van der Waals surface area (Å²) in [5, 5.41) is 11.9. The van der Waals surface area contributed by atoms with Crippen molar-refractivity contribution in [2.24, 2.45) is 5.92 Å². The van der Waals surface area contributed by atoms with Crippen molar-refractivity contribution in [3.05, 3.63) is 42.5 Å². The van der Waals surface area contributed by atoms with Gasteiger partial charge in [0.1, 0.15) is 0 Å². The number of carboxylic acids is 1. The summed E-state index contributed by atoms with van der Waals surface area (Å²) in [5.74, 6) is -1.64. The van der Waals surface area contributed by atoms with E-state index in [-0.39, 0.29) is 35.4 Å². The van der Waals surface area contributed by atoms with Gasteiger partial charge in [-0.25, -0.2) is 13.2 Å². The molecule has 1 aliphatic heterocycles. The normalized spacial score (nSPS) is 16.5. The van der Waals surface area contributed by atoms with Crippen LogP contribution in [0.1, 0.15) is 23.2 Å². The van der Waals surface area contributed by atoms with Gasteiger partial charge in [-0.15, -0.1) is 6.58 Å². The molecule has 0 atom stereocenters. The third-order valence-corrected chi connectivity index (χ3v) is 5.94. The number of carboxylic acid groups (broad SMARTS) is 1. The predicted molar refractivity (Wildman–Crippen MR) is 88.1 cm³/mol. The number of amides is 1. The molecule has 8 heteroatoms. The number of nitrogens with one attached hydrogen (secondary N) is 1. The lowest BCUT2D eigenvalue weighted by atomic mass is 9.97. The highest BCUT2D eigenvalue weighted by Gasteiger charge is 2.33. The van der Waals surface area contributed by atoms with Gasteiger partial charge >= 0.3 is 5.97 Å². The van der Waals surface area contributed by atoms with E-state index in [1.165, 1.54) is 28.6 Å². The van der Waals surface area contributed by atoms with Crippen LogP contribution in [-0.2, 0) is 14.8 Å². The lowest BCUT2D eigenvalue weighted by molar-refractivity contribution is -0.125. The van der Waals surface area contributed by atoms with Crippen LogP contribution in [0.5, 0.6) is 0 Å². The molecule has 0 radical (unpaired) electrons. The molecule has 0 unspecified atom stereocenters. The van der Waals surface area contributed by atoms with Gasteiger partial charge < -0.3 is 10.4 Å². The Kier molecular flexibility index (Phi) is 5.74. The first kappa shape index (κ1) is 18.2. The highest BCUT2D eigenvalue weighted by molar-refractivity contribution is 7.89. The van der Waals surface area contributed by atoms with E-state index in [1.807, 2.05) is 0 Å². The van der Waals surface area contributed by atoms with Crippen molar-refractivity contribution >= 4 is 21.9 Å². The molecule has 0 spiro atoms. The molecule has 1 aliphatic rings. The summed E-state index contributed by atoms with van der Waals surface area (Å²) < 4.78 is 26.7. The van der Waals surface area contributed by atoms with Crippen molar-refractivity contribution in [1.29, 1.82) is 0 Å². The fourth-order valence-electron chi connectivity index (χ4n) is 2.68. The van der Waals surface area contributed by atoms with E-state index < -0.39 is 16.0 Å². The van der Waals surface area contributed by atoms with Crippen molar-refractivity contribution in [1.82, 2.24) is 9.62 Å². The van der Waals surface area contributed by atoms with Crippen LogP contribution in [0.15, 0.2) is 41.8 Å². The molecule has 24 heavy (non-hydrogen) atoms. The molecule has 0 aliphatic carbocycles. The molecule has 1 amide bonds. The van der Waals surface area contributed by atoms with Gasteiger partial charge in [0, 0.05) is 25.6 Å². The second-order valence-corrected chi connectivity index (χ2v) is 7.42. The highest BCUT2D eigenvalue weighted by atomic mass is 32.2. The van der Waals surface area contributed by atoms with Gasteiger partial charge in [-0.05, 0) is 25.0 Å². The zero-order valence-corrected chi connectivity index (χ0v) is 14.0. The zero-order chi connectivity index (χ0) is 17.7. The Hall–Kier alpha value is -2.19. The Bertz CT molecular complexity index is 737. The molecule has 0 aromatic heterocycles. The molecule has 1 heterocycles. The highest BCUT2D eigenvalue weighted by Crippen LogP contribution is 2.26. The van der Waals surface area contributed by atoms with E-state index in [0.717, 1.165) is 0 Å². The number of hydrogen-bond donors (Lipinski definition) is 2. The van der Waals surface area contributed by atoms with Gasteiger partial charge in [0.15, 0.2) is 0 Å². The number of benzene rings is 1. The van der Waals surface area contributed by atoms with E-state index in [9.17, 15) is 23.1 Å². The molecule has 1 fully saturated rings. The predicted octanol–water partition coefficient (Wildman–Crippen LogP) is 1.09. The van der Waals surface area contributed by atoms with E-state index in [4.69, 9.17) is 0 Å². The lowest BCUT2D eigenvalue weighted by Crippen LogP contribution is -2.43. The monoisotopic (exact) mass is 352 g/mol. The van der Waals surface area contributed by atoms with Gasteiger partial charge in [-0.3, -0.25) is 4.79 Å². The number of hydrogen-bond acceptors (Lipinski definition) is 4. The molecule has 0 saturated carbocycles. The van der Waals surface area contributed by atoms with Gasteiger partial charge in [-0.2, -0.15) is 4.31 Å². The molecule has 2 N–H and O–H groups in total. The quantitative estimate of drug-likeness (QED) is 0.746. The van der Waals surface area contributed by atoms with Crippen molar-refractivity contribution in [3.8, 4) is 0 Å². The molecule has 1 saturated heterocycles. The number of aromatic carboxylic acids is 1. The Balaban J connectivity index is 2.12. The Labute approximate surface area is 141 Å². The minimum atomic E-state index is -3.90. The first-order valence-electron chi connectivity index (χ1n) is 7.59. The third-order valence-electron chi connectivity index (χ3n) is 3.98. The van der Waals surface area contributed by atoms with E-state index in [0.29, 0.717) is 19.4 Å².